The van der Waals surface area contributed by atoms with Crippen LogP contribution >= 0.6 is 0 Å². The molecule has 0 radical (unpaired) electrons. The highest BCUT2D eigenvalue weighted by Crippen LogP contribution is 2.06. The lowest BCUT2D eigenvalue weighted by molar-refractivity contribution is 0.576. The SMILES string of the molecule is O=S(=O)(Cc1ccccc1)NCCCCc1ccccc1. The van der Waals surface area contributed by atoms with Gasteiger partial charge in [-0.25, -0.2) is 13.1 Å². The van der Waals surface area contributed by atoms with E-state index in [9.17, 15) is 8.42 Å². The molecule has 2 rings (SSSR count). The van der Waals surface area contributed by atoms with Crippen LogP contribution in [-0.2, 0) is 22.2 Å². The third-order valence-electron chi connectivity index (χ3n) is 3.26. The second-order valence-corrected chi connectivity index (χ2v) is 6.89. The van der Waals surface area contributed by atoms with Crippen LogP contribution in [0.3, 0.4) is 0 Å². The van der Waals surface area contributed by atoms with E-state index in [0.29, 0.717) is 6.54 Å². The van der Waals surface area contributed by atoms with Crippen LogP contribution in [0.5, 0.6) is 0 Å². The summed E-state index contributed by atoms with van der Waals surface area (Å²) in [6.45, 7) is 0.502. The van der Waals surface area contributed by atoms with Gasteiger partial charge in [-0.2, -0.15) is 0 Å². The first-order valence-electron chi connectivity index (χ1n) is 7.21. The van der Waals surface area contributed by atoms with E-state index in [1.165, 1.54) is 5.56 Å². The van der Waals surface area contributed by atoms with E-state index in [1.54, 1.807) is 0 Å². The molecule has 4 heteroatoms. The van der Waals surface area contributed by atoms with Crippen molar-refractivity contribution < 1.29 is 8.42 Å². The Balaban J connectivity index is 1.68. The molecule has 2 aromatic rings. The number of benzene rings is 2. The fourth-order valence-electron chi connectivity index (χ4n) is 2.17. The Morgan fingerprint density at radius 2 is 1.33 bits per heavy atom. The number of sulfonamides is 1. The van der Waals surface area contributed by atoms with Crippen molar-refractivity contribution in [2.45, 2.75) is 25.0 Å². The van der Waals surface area contributed by atoms with Gasteiger partial charge in [0.1, 0.15) is 0 Å². The zero-order valence-electron chi connectivity index (χ0n) is 12.0. The molecule has 0 atom stereocenters. The molecule has 0 bridgehead atoms. The summed E-state index contributed by atoms with van der Waals surface area (Å²) < 4.78 is 26.5. The second kappa shape index (κ2) is 7.96. The van der Waals surface area contributed by atoms with Gasteiger partial charge in [0.05, 0.1) is 5.75 Å². The van der Waals surface area contributed by atoms with E-state index in [0.717, 1.165) is 24.8 Å². The van der Waals surface area contributed by atoms with Crippen molar-refractivity contribution in [1.82, 2.24) is 4.72 Å². The van der Waals surface area contributed by atoms with Crippen LogP contribution < -0.4 is 4.72 Å². The lowest BCUT2D eigenvalue weighted by Gasteiger charge is -2.07. The van der Waals surface area contributed by atoms with Gasteiger partial charge >= 0.3 is 0 Å². The first kappa shape index (κ1) is 15.7. The number of hydrogen-bond acceptors (Lipinski definition) is 2. The van der Waals surface area contributed by atoms with E-state index in [2.05, 4.69) is 16.9 Å². The molecule has 0 aromatic heterocycles. The van der Waals surface area contributed by atoms with Gasteiger partial charge in [0, 0.05) is 6.54 Å². The van der Waals surface area contributed by atoms with Crippen molar-refractivity contribution in [3.05, 3.63) is 71.8 Å². The highest BCUT2D eigenvalue weighted by Gasteiger charge is 2.10. The summed E-state index contributed by atoms with van der Waals surface area (Å²) in [6, 6.07) is 19.5. The molecule has 0 fully saturated rings. The zero-order chi connectivity index (χ0) is 15.0. The molecule has 21 heavy (non-hydrogen) atoms. The Bertz CT molecular complexity index is 624. The molecule has 0 aliphatic heterocycles. The van der Waals surface area contributed by atoms with Crippen molar-refractivity contribution in [3.63, 3.8) is 0 Å². The highest BCUT2D eigenvalue weighted by atomic mass is 32.2. The quantitative estimate of drug-likeness (QED) is 0.762. The molecule has 0 unspecified atom stereocenters. The van der Waals surface area contributed by atoms with Crippen LogP contribution in [0, 0.1) is 0 Å². The summed E-state index contributed by atoms with van der Waals surface area (Å²) in [7, 11) is -3.23. The summed E-state index contributed by atoms with van der Waals surface area (Å²) in [5, 5.41) is 0. The molecule has 112 valence electrons. The van der Waals surface area contributed by atoms with Crippen molar-refractivity contribution in [2.24, 2.45) is 0 Å². The molecular weight excluding hydrogens is 282 g/mol. The van der Waals surface area contributed by atoms with E-state index < -0.39 is 10.0 Å². The normalized spacial score (nSPS) is 11.4. The van der Waals surface area contributed by atoms with Crippen LogP contribution in [-0.4, -0.2) is 15.0 Å². The number of nitrogens with one attached hydrogen (secondary N) is 1. The Hall–Kier alpha value is -1.65. The molecule has 0 saturated carbocycles. The van der Waals surface area contributed by atoms with Crippen LogP contribution in [0.25, 0.3) is 0 Å². The Kier molecular flexibility index (Phi) is 5.96. The molecule has 0 aliphatic carbocycles. The summed E-state index contributed by atoms with van der Waals surface area (Å²) in [4.78, 5) is 0. The smallest absolute Gasteiger partial charge is 0.215 e. The van der Waals surface area contributed by atoms with E-state index >= 15 is 0 Å². The maximum absolute atomic E-state index is 11.9. The van der Waals surface area contributed by atoms with Crippen molar-refractivity contribution in [3.8, 4) is 0 Å². The predicted molar refractivity (Wildman–Crippen MR) is 86.4 cm³/mol. The van der Waals surface area contributed by atoms with Crippen LogP contribution in [0.1, 0.15) is 24.0 Å². The third-order valence-corrected chi connectivity index (χ3v) is 4.61. The molecule has 0 spiro atoms. The summed E-state index contributed by atoms with van der Waals surface area (Å²) >= 11 is 0. The van der Waals surface area contributed by atoms with Crippen molar-refractivity contribution in [1.29, 1.82) is 0 Å². The van der Waals surface area contributed by atoms with Gasteiger partial charge in [-0.3, -0.25) is 0 Å². The monoisotopic (exact) mass is 303 g/mol. The topological polar surface area (TPSA) is 46.2 Å². The average Bonchev–Trinajstić information content (AvgIpc) is 2.48. The third kappa shape index (κ3) is 6.10. The number of rotatable bonds is 8. The van der Waals surface area contributed by atoms with Gasteiger partial charge in [-0.05, 0) is 30.4 Å². The molecule has 0 aliphatic rings. The van der Waals surface area contributed by atoms with Crippen molar-refractivity contribution >= 4 is 10.0 Å². The van der Waals surface area contributed by atoms with Crippen LogP contribution in [0.2, 0.25) is 0 Å². The van der Waals surface area contributed by atoms with E-state index in [-0.39, 0.29) is 5.75 Å². The van der Waals surface area contributed by atoms with Gasteiger partial charge in [-0.15, -0.1) is 0 Å². The number of unbranched alkanes of at least 4 members (excludes halogenated alkanes) is 1. The van der Waals surface area contributed by atoms with Gasteiger partial charge in [-0.1, -0.05) is 60.7 Å². The molecule has 0 saturated heterocycles. The first-order valence-corrected chi connectivity index (χ1v) is 8.86. The maximum Gasteiger partial charge on any atom is 0.215 e. The Morgan fingerprint density at radius 1 is 0.762 bits per heavy atom. The molecular formula is C17H21NO2S. The molecule has 2 aromatic carbocycles. The van der Waals surface area contributed by atoms with E-state index in [4.69, 9.17) is 0 Å². The highest BCUT2D eigenvalue weighted by molar-refractivity contribution is 7.88. The minimum Gasteiger partial charge on any atom is -0.215 e. The van der Waals surface area contributed by atoms with Gasteiger partial charge in [0.15, 0.2) is 0 Å². The van der Waals surface area contributed by atoms with Crippen LogP contribution in [0.4, 0.5) is 0 Å². The fourth-order valence-corrected chi connectivity index (χ4v) is 3.36. The van der Waals surface area contributed by atoms with Gasteiger partial charge in [0.25, 0.3) is 0 Å². The number of hydrogen-bond donors (Lipinski definition) is 1. The van der Waals surface area contributed by atoms with E-state index in [1.807, 2.05) is 48.5 Å². The minimum absolute atomic E-state index is 0.0481. The predicted octanol–water partition coefficient (Wildman–Crippen LogP) is 3.13. The minimum atomic E-state index is -3.23. The second-order valence-electron chi connectivity index (χ2n) is 5.08. The summed E-state index contributed by atoms with van der Waals surface area (Å²) in [5.74, 6) is 0.0481. The maximum atomic E-state index is 11.9. The van der Waals surface area contributed by atoms with Gasteiger partial charge < -0.3 is 0 Å². The molecule has 3 nitrogen and oxygen atoms in total. The Morgan fingerprint density at radius 3 is 1.95 bits per heavy atom. The number of aryl methyl sites for hydroxylation is 1. The molecule has 0 heterocycles. The summed E-state index contributed by atoms with van der Waals surface area (Å²) in [6.07, 6.45) is 2.82. The lowest BCUT2D eigenvalue weighted by atomic mass is 10.1. The Labute approximate surface area is 127 Å². The molecule has 1 N–H and O–H groups in total. The summed E-state index contributed by atoms with van der Waals surface area (Å²) in [5.41, 5.74) is 2.11. The lowest BCUT2D eigenvalue weighted by Crippen LogP contribution is -2.26. The van der Waals surface area contributed by atoms with Crippen LogP contribution in [0.15, 0.2) is 60.7 Å². The average molecular weight is 303 g/mol. The van der Waals surface area contributed by atoms with Gasteiger partial charge in [0.2, 0.25) is 10.0 Å². The molecule has 0 amide bonds. The van der Waals surface area contributed by atoms with Crippen molar-refractivity contribution in [2.75, 3.05) is 6.54 Å². The standard InChI is InChI=1S/C17H21NO2S/c19-21(20,15-17-12-5-2-6-13-17)18-14-8-7-11-16-9-3-1-4-10-16/h1-6,9-10,12-13,18H,7-8,11,14-15H2. The largest absolute Gasteiger partial charge is 0.215 e. The first-order chi connectivity index (χ1) is 10.2. The fraction of sp³-hybridized carbons (Fsp3) is 0.294. The zero-order valence-corrected chi connectivity index (χ0v) is 12.9.